The van der Waals surface area contributed by atoms with Gasteiger partial charge in [0.25, 0.3) is 0 Å². The quantitative estimate of drug-likeness (QED) is 0.781. The molecule has 0 saturated carbocycles. The maximum absolute atomic E-state index is 3.50. The lowest BCUT2D eigenvalue weighted by atomic mass is 10.1. The molecule has 0 aromatic heterocycles. The van der Waals surface area contributed by atoms with Crippen molar-refractivity contribution in [3.63, 3.8) is 0 Å². The third-order valence-electron chi connectivity index (χ3n) is 3.79. The molecule has 3 rings (SSSR count). The molecule has 0 N–H and O–H groups in total. The number of benzene rings is 1. The Morgan fingerprint density at radius 3 is 2.19 bits per heavy atom. The van der Waals surface area contributed by atoms with Crippen molar-refractivity contribution in [2.24, 2.45) is 0 Å². The maximum Gasteiger partial charge on any atom is 0.0421 e. The lowest BCUT2D eigenvalue weighted by molar-refractivity contribution is 0.265. The van der Waals surface area contributed by atoms with E-state index in [9.17, 15) is 0 Å². The van der Waals surface area contributed by atoms with Crippen LogP contribution in [0.2, 0.25) is 0 Å². The minimum atomic E-state index is 0.727. The molecule has 0 radical (unpaired) electrons. The maximum atomic E-state index is 3.50. The Kier molecular flexibility index (Phi) is 2.68. The second-order valence-corrected chi connectivity index (χ2v) is 5.91. The molecule has 16 heavy (non-hydrogen) atoms. The second-order valence-electron chi connectivity index (χ2n) is 4.99. The largest absolute Gasteiger partial charge is 0.363 e. The number of fused-ring (bicyclic) bond motifs is 2. The summed E-state index contributed by atoms with van der Waals surface area (Å²) in [7, 11) is 2.24. The van der Waals surface area contributed by atoms with Gasteiger partial charge in [-0.15, -0.1) is 0 Å². The van der Waals surface area contributed by atoms with Gasteiger partial charge in [-0.05, 0) is 44.2 Å². The molecular weight excluding hydrogens is 264 g/mol. The average Bonchev–Trinajstić information content (AvgIpc) is 2.54. The van der Waals surface area contributed by atoms with Crippen LogP contribution in [0.1, 0.15) is 12.8 Å². The highest BCUT2D eigenvalue weighted by Crippen LogP contribution is 2.34. The number of rotatable bonds is 1. The van der Waals surface area contributed by atoms with Gasteiger partial charge in [0.2, 0.25) is 0 Å². The summed E-state index contributed by atoms with van der Waals surface area (Å²) in [4.78, 5) is 5.10. The van der Waals surface area contributed by atoms with E-state index >= 15 is 0 Å². The number of nitrogens with zero attached hydrogens (tertiary/aromatic N) is 2. The second kappa shape index (κ2) is 4.04. The van der Waals surface area contributed by atoms with Gasteiger partial charge >= 0.3 is 0 Å². The Morgan fingerprint density at radius 1 is 1.06 bits per heavy atom. The van der Waals surface area contributed by atoms with Crippen LogP contribution in [0, 0.1) is 0 Å². The first-order valence-corrected chi connectivity index (χ1v) is 6.76. The Labute approximate surface area is 105 Å². The number of anilines is 1. The molecule has 2 nitrogen and oxygen atoms in total. The summed E-state index contributed by atoms with van der Waals surface area (Å²) < 4.78 is 1.16. The summed E-state index contributed by atoms with van der Waals surface area (Å²) in [6, 6.07) is 10.2. The molecular formula is C13H17BrN2. The fraction of sp³-hybridized carbons (Fsp3) is 0.538. The summed E-state index contributed by atoms with van der Waals surface area (Å²) in [5, 5.41) is 0. The lowest BCUT2D eigenvalue weighted by Gasteiger charge is -2.41. The van der Waals surface area contributed by atoms with Crippen molar-refractivity contribution in [2.75, 3.05) is 25.0 Å². The van der Waals surface area contributed by atoms with E-state index < -0.39 is 0 Å². The van der Waals surface area contributed by atoms with Crippen LogP contribution in [0.15, 0.2) is 28.7 Å². The molecule has 1 aromatic carbocycles. The molecule has 0 spiro atoms. The molecule has 2 aliphatic heterocycles. The first-order chi connectivity index (χ1) is 7.74. The molecule has 0 amide bonds. The normalized spacial score (nSPS) is 29.8. The molecule has 0 aliphatic carbocycles. The van der Waals surface area contributed by atoms with E-state index in [0.29, 0.717) is 0 Å². The van der Waals surface area contributed by atoms with Crippen LogP contribution in [0.4, 0.5) is 5.69 Å². The van der Waals surface area contributed by atoms with Gasteiger partial charge < -0.3 is 9.80 Å². The first kappa shape index (κ1) is 10.6. The summed E-state index contributed by atoms with van der Waals surface area (Å²) in [6.07, 6.45) is 2.70. The lowest BCUT2D eigenvalue weighted by Crippen LogP contribution is -2.52. The van der Waals surface area contributed by atoms with Crippen molar-refractivity contribution in [2.45, 2.75) is 24.9 Å². The highest BCUT2D eigenvalue weighted by molar-refractivity contribution is 9.10. The van der Waals surface area contributed by atoms with E-state index in [-0.39, 0.29) is 0 Å². The third-order valence-corrected chi connectivity index (χ3v) is 4.32. The van der Waals surface area contributed by atoms with Gasteiger partial charge in [-0.25, -0.2) is 0 Å². The Balaban J connectivity index is 1.88. The highest BCUT2D eigenvalue weighted by Gasteiger charge is 2.38. The van der Waals surface area contributed by atoms with Crippen molar-refractivity contribution in [1.82, 2.24) is 4.90 Å². The molecule has 2 unspecified atom stereocenters. The molecule has 2 heterocycles. The number of piperazine rings is 1. The van der Waals surface area contributed by atoms with Gasteiger partial charge in [-0.2, -0.15) is 0 Å². The van der Waals surface area contributed by atoms with Crippen LogP contribution in [-0.4, -0.2) is 37.1 Å². The van der Waals surface area contributed by atoms with E-state index in [1.807, 2.05) is 0 Å². The number of hydrogen-bond donors (Lipinski definition) is 0. The molecule has 2 saturated heterocycles. The Morgan fingerprint density at radius 2 is 1.62 bits per heavy atom. The zero-order valence-electron chi connectivity index (χ0n) is 9.56. The van der Waals surface area contributed by atoms with Crippen molar-refractivity contribution < 1.29 is 0 Å². The van der Waals surface area contributed by atoms with Crippen LogP contribution >= 0.6 is 15.9 Å². The van der Waals surface area contributed by atoms with Crippen molar-refractivity contribution in [3.05, 3.63) is 28.7 Å². The molecule has 2 fully saturated rings. The van der Waals surface area contributed by atoms with Gasteiger partial charge in [0.1, 0.15) is 0 Å². The monoisotopic (exact) mass is 280 g/mol. The van der Waals surface area contributed by atoms with Gasteiger partial charge in [0.15, 0.2) is 0 Å². The number of likely N-dealkylation sites (tertiary alicyclic amines) is 1. The Hall–Kier alpha value is -0.540. The van der Waals surface area contributed by atoms with Crippen molar-refractivity contribution in [1.29, 1.82) is 0 Å². The Bertz CT molecular complexity index is 362. The average molecular weight is 281 g/mol. The van der Waals surface area contributed by atoms with Crippen LogP contribution in [0.25, 0.3) is 0 Å². The van der Waals surface area contributed by atoms with Gasteiger partial charge in [-0.3, -0.25) is 0 Å². The van der Waals surface area contributed by atoms with Gasteiger partial charge in [0, 0.05) is 35.3 Å². The SMILES string of the molecule is CN1CC2CCC(C1)N2c1ccc(Br)cc1. The van der Waals surface area contributed by atoms with Gasteiger partial charge in [-0.1, -0.05) is 15.9 Å². The van der Waals surface area contributed by atoms with Crippen LogP contribution in [0.3, 0.4) is 0 Å². The predicted octanol–water partition coefficient (Wildman–Crippen LogP) is 2.73. The summed E-state index contributed by atoms with van der Waals surface area (Å²) >= 11 is 3.50. The zero-order valence-corrected chi connectivity index (χ0v) is 11.2. The van der Waals surface area contributed by atoms with Crippen molar-refractivity contribution in [3.8, 4) is 0 Å². The standard InChI is InChI=1S/C13H17BrN2/c1-15-8-12-6-7-13(9-15)16(12)11-4-2-10(14)3-5-11/h2-5,12-13H,6-9H2,1H3. The summed E-state index contributed by atoms with van der Waals surface area (Å²) in [6.45, 7) is 2.43. The van der Waals surface area contributed by atoms with E-state index in [2.05, 4.69) is 57.0 Å². The smallest absolute Gasteiger partial charge is 0.0421 e. The van der Waals surface area contributed by atoms with Crippen LogP contribution in [-0.2, 0) is 0 Å². The number of halogens is 1. The van der Waals surface area contributed by atoms with E-state index in [0.717, 1.165) is 16.6 Å². The molecule has 2 atom stereocenters. The van der Waals surface area contributed by atoms with Crippen LogP contribution in [0.5, 0.6) is 0 Å². The zero-order chi connectivity index (χ0) is 11.1. The topological polar surface area (TPSA) is 6.48 Å². The fourth-order valence-corrected chi connectivity index (χ4v) is 3.41. The van der Waals surface area contributed by atoms with Crippen LogP contribution < -0.4 is 4.90 Å². The minimum absolute atomic E-state index is 0.727. The fourth-order valence-electron chi connectivity index (χ4n) is 3.15. The third kappa shape index (κ3) is 1.76. The first-order valence-electron chi connectivity index (χ1n) is 5.96. The summed E-state index contributed by atoms with van der Waals surface area (Å²) in [5.41, 5.74) is 1.39. The van der Waals surface area contributed by atoms with Crippen molar-refractivity contribution >= 4 is 21.6 Å². The van der Waals surface area contributed by atoms with Gasteiger partial charge in [0.05, 0.1) is 0 Å². The van der Waals surface area contributed by atoms with E-state index in [1.54, 1.807) is 0 Å². The summed E-state index contributed by atoms with van der Waals surface area (Å²) in [5.74, 6) is 0. The molecule has 3 heteroatoms. The molecule has 86 valence electrons. The highest BCUT2D eigenvalue weighted by atomic mass is 79.9. The molecule has 2 bridgehead atoms. The minimum Gasteiger partial charge on any atom is -0.363 e. The van der Waals surface area contributed by atoms with E-state index in [4.69, 9.17) is 0 Å². The molecule has 2 aliphatic rings. The molecule has 1 aromatic rings. The number of likely N-dealkylation sites (N-methyl/N-ethyl adjacent to an activating group) is 1. The van der Waals surface area contributed by atoms with E-state index in [1.165, 1.54) is 31.6 Å². The number of hydrogen-bond acceptors (Lipinski definition) is 2. The predicted molar refractivity (Wildman–Crippen MR) is 70.9 cm³/mol.